The van der Waals surface area contributed by atoms with Crippen molar-refractivity contribution >= 4 is 11.8 Å². The number of nitrogens with one attached hydrogen (secondary N) is 2. The molecule has 0 aromatic heterocycles. The molecular weight excluding hydrogens is 232 g/mol. The fraction of sp³-hybridized carbons (Fsp3) is 0.385. The van der Waals surface area contributed by atoms with Gasteiger partial charge in [-0.3, -0.25) is 10.8 Å². The van der Waals surface area contributed by atoms with Gasteiger partial charge in [0, 0.05) is 6.92 Å². The Morgan fingerprint density at radius 2 is 1.89 bits per heavy atom. The topological polar surface area (TPSA) is 86.4 Å². The first-order chi connectivity index (χ1) is 8.54. The zero-order chi connectivity index (χ0) is 14.1. The summed E-state index contributed by atoms with van der Waals surface area (Å²) in [6.07, 6.45) is -1.18. The van der Waals surface area contributed by atoms with Gasteiger partial charge in [0.2, 0.25) is 5.90 Å². The first-order valence-corrected chi connectivity index (χ1v) is 5.68. The van der Waals surface area contributed by atoms with Crippen molar-refractivity contribution in [1.29, 1.82) is 10.8 Å². The fourth-order valence-electron chi connectivity index (χ4n) is 1.18. The Morgan fingerprint density at radius 1 is 1.28 bits per heavy atom. The van der Waals surface area contributed by atoms with Crippen molar-refractivity contribution in [2.24, 2.45) is 0 Å². The van der Waals surface area contributed by atoms with Gasteiger partial charge in [-0.1, -0.05) is 26.0 Å². The van der Waals surface area contributed by atoms with Crippen molar-refractivity contribution in [3.05, 3.63) is 29.8 Å². The van der Waals surface area contributed by atoms with E-state index in [9.17, 15) is 5.11 Å². The largest absolute Gasteiger partial charge is 0.497 e. The van der Waals surface area contributed by atoms with E-state index in [1.807, 2.05) is 13.8 Å². The monoisotopic (exact) mass is 252 g/mol. The second-order valence-electron chi connectivity index (χ2n) is 3.20. The average Bonchev–Trinajstić information content (AvgIpc) is 2.39. The highest BCUT2D eigenvalue weighted by atomic mass is 16.5. The molecule has 0 saturated carbocycles. The van der Waals surface area contributed by atoms with Crippen LogP contribution >= 0.6 is 0 Å². The molecule has 5 nitrogen and oxygen atoms in total. The normalized spacial score (nSPS) is 10.7. The second kappa shape index (κ2) is 8.25. The third kappa shape index (κ3) is 4.97. The Morgan fingerprint density at radius 3 is 2.39 bits per heavy atom. The minimum atomic E-state index is -1.18. The molecule has 1 atom stereocenters. The Balaban J connectivity index is 0.00000137. The average molecular weight is 252 g/mol. The number of aliphatic hydroxyl groups excluding tert-OH is 1. The molecule has 5 heteroatoms. The molecule has 1 aromatic rings. The molecule has 100 valence electrons. The lowest BCUT2D eigenvalue weighted by atomic mass is 10.1. The van der Waals surface area contributed by atoms with Crippen LogP contribution in [0.25, 0.3) is 0 Å². The fourth-order valence-corrected chi connectivity index (χ4v) is 1.18. The van der Waals surface area contributed by atoms with E-state index < -0.39 is 6.10 Å². The highest BCUT2D eigenvalue weighted by Gasteiger charge is 2.16. The summed E-state index contributed by atoms with van der Waals surface area (Å²) in [5, 5.41) is 24.3. The first kappa shape index (κ1) is 16.1. The maximum Gasteiger partial charge on any atom is 0.222 e. The summed E-state index contributed by atoms with van der Waals surface area (Å²) in [5.41, 5.74) is 0.491. The Kier molecular flexibility index (Phi) is 7.38. The molecule has 0 heterocycles. The summed E-state index contributed by atoms with van der Waals surface area (Å²) in [4.78, 5) is 0. The number of aliphatic hydroxyl groups is 1. The van der Waals surface area contributed by atoms with Gasteiger partial charge in [-0.15, -0.1) is 0 Å². The number of hydrogen-bond acceptors (Lipinski definition) is 5. The SMILES string of the molecule is CC.COc1cccc(C(O)C(=N)OC(C)=N)c1. The highest BCUT2D eigenvalue weighted by Crippen LogP contribution is 2.20. The number of ether oxygens (including phenoxy) is 2. The first-order valence-electron chi connectivity index (χ1n) is 5.68. The maximum atomic E-state index is 9.76. The van der Waals surface area contributed by atoms with Gasteiger partial charge in [0.25, 0.3) is 0 Å². The molecule has 0 bridgehead atoms. The molecule has 0 amide bonds. The highest BCUT2D eigenvalue weighted by molar-refractivity contribution is 5.90. The second-order valence-corrected chi connectivity index (χ2v) is 3.20. The number of benzene rings is 1. The zero-order valence-corrected chi connectivity index (χ0v) is 11.2. The summed E-state index contributed by atoms with van der Waals surface area (Å²) in [6, 6.07) is 6.72. The maximum absolute atomic E-state index is 9.76. The van der Waals surface area contributed by atoms with Crippen LogP contribution in [-0.2, 0) is 4.74 Å². The zero-order valence-electron chi connectivity index (χ0n) is 11.2. The van der Waals surface area contributed by atoms with E-state index in [0.717, 1.165) is 0 Å². The van der Waals surface area contributed by atoms with Gasteiger partial charge in [-0.25, -0.2) is 0 Å². The molecule has 1 aromatic carbocycles. The third-order valence-corrected chi connectivity index (χ3v) is 1.92. The van der Waals surface area contributed by atoms with E-state index >= 15 is 0 Å². The van der Waals surface area contributed by atoms with Crippen LogP contribution in [0.2, 0.25) is 0 Å². The van der Waals surface area contributed by atoms with Gasteiger partial charge >= 0.3 is 0 Å². The van der Waals surface area contributed by atoms with Crippen molar-refractivity contribution in [1.82, 2.24) is 0 Å². The molecule has 0 aliphatic rings. The standard InChI is InChI=1S/C11H14N2O3.C2H6/c1-7(12)16-11(13)10(14)8-4-3-5-9(6-8)15-2;1-2/h3-6,10,12-14H,1-2H3;1-2H3. The van der Waals surface area contributed by atoms with Crippen LogP contribution in [0.1, 0.15) is 32.4 Å². The van der Waals surface area contributed by atoms with Gasteiger partial charge in [-0.2, -0.15) is 0 Å². The Hall–Kier alpha value is -1.88. The summed E-state index contributed by atoms with van der Waals surface area (Å²) in [7, 11) is 1.52. The Bertz CT molecular complexity index is 405. The van der Waals surface area contributed by atoms with Gasteiger partial charge in [0.05, 0.1) is 7.11 Å². The van der Waals surface area contributed by atoms with Crippen LogP contribution in [0.4, 0.5) is 0 Å². The predicted molar refractivity (Wildman–Crippen MR) is 71.5 cm³/mol. The predicted octanol–water partition coefficient (Wildman–Crippen LogP) is 2.75. The van der Waals surface area contributed by atoms with Crippen LogP contribution in [-0.4, -0.2) is 24.0 Å². The summed E-state index contributed by atoms with van der Waals surface area (Å²) < 4.78 is 9.72. The van der Waals surface area contributed by atoms with Gasteiger partial charge < -0.3 is 14.6 Å². The van der Waals surface area contributed by atoms with Crippen LogP contribution < -0.4 is 4.74 Å². The van der Waals surface area contributed by atoms with E-state index in [0.29, 0.717) is 11.3 Å². The van der Waals surface area contributed by atoms with E-state index in [1.54, 1.807) is 24.3 Å². The van der Waals surface area contributed by atoms with Crippen molar-refractivity contribution in [2.75, 3.05) is 7.11 Å². The van der Waals surface area contributed by atoms with E-state index in [-0.39, 0.29) is 11.8 Å². The molecule has 0 radical (unpaired) electrons. The van der Waals surface area contributed by atoms with Crippen LogP contribution in [0.5, 0.6) is 5.75 Å². The van der Waals surface area contributed by atoms with Crippen molar-refractivity contribution in [3.8, 4) is 5.75 Å². The van der Waals surface area contributed by atoms with Crippen molar-refractivity contribution in [3.63, 3.8) is 0 Å². The van der Waals surface area contributed by atoms with E-state index in [4.69, 9.17) is 20.3 Å². The van der Waals surface area contributed by atoms with Crippen molar-refractivity contribution in [2.45, 2.75) is 26.9 Å². The number of methoxy groups -OCH3 is 1. The molecule has 1 unspecified atom stereocenters. The minimum Gasteiger partial charge on any atom is -0.497 e. The summed E-state index contributed by atoms with van der Waals surface area (Å²) in [5.74, 6) is 0.0867. The number of rotatable bonds is 3. The molecule has 0 aliphatic carbocycles. The molecule has 3 N–H and O–H groups in total. The lowest BCUT2D eigenvalue weighted by Gasteiger charge is -2.13. The van der Waals surface area contributed by atoms with Crippen LogP contribution in [0, 0.1) is 10.8 Å². The lowest BCUT2D eigenvalue weighted by molar-refractivity contribution is 0.220. The van der Waals surface area contributed by atoms with Crippen LogP contribution in [0.3, 0.4) is 0 Å². The molecule has 18 heavy (non-hydrogen) atoms. The van der Waals surface area contributed by atoms with Crippen LogP contribution in [0.15, 0.2) is 24.3 Å². The Labute approximate surface area is 107 Å². The smallest absolute Gasteiger partial charge is 0.222 e. The summed E-state index contributed by atoms with van der Waals surface area (Å²) in [6.45, 7) is 5.40. The lowest BCUT2D eigenvalue weighted by Crippen LogP contribution is -2.16. The minimum absolute atomic E-state index is 0.132. The van der Waals surface area contributed by atoms with E-state index in [1.165, 1.54) is 14.0 Å². The molecular formula is C13H20N2O3. The quantitative estimate of drug-likeness (QED) is 0.571. The summed E-state index contributed by atoms with van der Waals surface area (Å²) >= 11 is 0. The number of hydrogen-bond donors (Lipinski definition) is 3. The molecule has 0 saturated heterocycles. The molecule has 1 rings (SSSR count). The van der Waals surface area contributed by atoms with Crippen molar-refractivity contribution < 1.29 is 14.6 Å². The van der Waals surface area contributed by atoms with E-state index in [2.05, 4.69) is 0 Å². The molecule has 0 spiro atoms. The third-order valence-electron chi connectivity index (χ3n) is 1.92. The molecule has 0 aliphatic heterocycles. The van der Waals surface area contributed by atoms with Gasteiger partial charge in [-0.05, 0) is 17.7 Å². The van der Waals surface area contributed by atoms with Gasteiger partial charge in [0.1, 0.15) is 5.75 Å². The van der Waals surface area contributed by atoms with Gasteiger partial charge in [0.15, 0.2) is 12.0 Å². The molecule has 0 fully saturated rings.